The molecule has 1 fully saturated rings. The lowest BCUT2D eigenvalue weighted by Gasteiger charge is -2.45. The summed E-state index contributed by atoms with van der Waals surface area (Å²) in [4.78, 5) is 1.36. The topological polar surface area (TPSA) is 35.5 Å². The smallest absolute Gasteiger partial charge is 0.395 e. The van der Waals surface area contributed by atoms with Crippen LogP contribution in [0.3, 0.4) is 0 Å². The zero-order valence-electron chi connectivity index (χ0n) is 10.3. The van der Waals surface area contributed by atoms with Crippen molar-refractivity contribution in [2.24, 2.45) is 5.41 Å². The van der Waals surface area contributed by atoms with Gasteiger partial charge in [-0.05, 0) is 18.4 Å². The monoisotopic (exact) mass is 254 g/mol. The van der Waals surface area contributed by atoms with E-state index in [1.807, 2.05) is 13.8 Å². The molecule has 0 aromatic heterocycles. The second kappa shape index (κ2) is 5.54. The van der Waals surface area contributed by atoms with Gasteiger partial charge in [-0.3, -0.25) is 4.90 Å². The molecule has 6 heteroatoms. The minimum absolute atomic E-state index is 0.0770. The number of alkyl halides is 3. The summed E-state index contributed by atoms with van der Waals surface area (Å²) in [6.45, 7) is 4.26. The number of nitrogens with one attached hydrogen (secondary N) is 1. The fraction of sp³-hybridized carbons (Fsp3) is 1.00. The lowest BCUT2D eigenvalue weighted by atomic mass is 9.79. The van der Waals surface area contributed by atoms with Gasteiger partial charge in [0.1, 0.15) is 0 Å². The number of nitrogens with zero attached hydrogens (tertiary/aromatic N) is 1. The number of aliphatic hydroxyl groups is 1. The molecular formula is C11H21F3N2O. The lowest BCUT2D eigenvalue weighted by molar-refractivity contribution is -0.158. The standard InChI is InChI=1S/C11H21F3N2O/c1-10(2)7-15-4-3-9(10)16(5-6-17)8-11(12,13)14/h9,15,17H,3-8H2,1-2H3. The fourth-order valence-corrected chi connectivity index (χ4v) is 2.54. The van der Waals surface area contributed by atoms with Crippen LogP contribution in [0.2, 0.25) is 0 Å². The number of piperidine rings is 1. The summed E-state index contributed by atoms with van der Waals surface area (Å²) in [5, 5.41) is 12.1. The molecule has 1 heterocycles. The molecule has 1 aliphatic rings. The molecule has 2 N–H and O–H groups in total. The second-order valence-corrected chi connectivity index (χ2v) is 5.28. The molecule has 0 amide bonds. The molecule has 0 spiro atoms. The van der Waals surface area contributed by atoms with E-state index in [0.29, 0.717) is 13.0 Å². The van der Waals surface area contributed by atoms with Crippen LogP contribution in [0.15, 0.2) is 0 Å². The van der Waals surface area contributed by atoms with Crippen molar-refractivity contribution in [2.75, 3.05) is 32.8 Å². The molecule has 17 heavy (non-hydrogen) atoms. The molecule has 0 aromatic rings. The normalized spacial score (nSPS) is 25.2. The molecule has 3 nitrogen and oxygen atoms in total. The van der Waals surface area contributed by atoms with E-state index in [-0.39, 0.29) is 24.6 Å². The summed E-state index contributed by atoms with van der Waals surface area (Å²) in [5.74, 6) is 0. The van der Waals surface area contributed by atoms with Gasteiger partial charge in [0, 0.05) is 19.1 Å². The zero-order chi connectivity index (χ0) is 13.1. The summed E-state index contributed by atoms with van der Waals surface area (Å²) >= 11 is 0. The number of hydrogen-bond donors (Lipinski definition) is 2. The number of hydrogen-bond acceptors (Lipinski definition) is 3. The van der Waals surface area contributed by atoms with E-state index in [1.165, 1.54) is 4.90 Å². The number of rotatable bonds is 4. The van der Waals surface area contributed by atoms with Crippen molar-refractivity contribution >= 4 is 0 Å². The van der Waals surface area contributed by atoms with Gasteiger partial charge in [-0.2, -0.15) is 13.2 Å². The molecular weight excluding hydrogens is 233 g/mol. The Kier molecular flexibility index (Phi) is 4.80. The molecule has 0 bridgehead atoms. The molecule has 102 valence electrons. The molecule has 1 atom stereocenters. The van der Waals surface area contributed by atoms with Crippen molar-refractivity contribution in [1.82, 2.24) is 10.2 Å². The average Bonchev–Trinajstić information content (AvgIpc) is 2.14. The minimum atomic E-state index is -4.21. The third kappa shape index (κ3) is 4.44. The molecule has 0 saturated carbocycles. The Labute approximate surface area is 100.0 Å². The Hall–Kier alpha value is -0.330. The van der Waals surface area contributed by atoms with Crippen molar-refractivity contribution in [3.8, 4) is 0 Å². The molecule has 1 aliphatic heterocycles. The highest BCUT2D eigenvalue weighted by Gasteiger charge is 2.40. The van der Waals surface area contributed by atoms with E-state index in [4.69, 9.17) is 5.11 Å². The van der Waals surface area contributed by atoms with E-state index in [2.05, 4.69) is 5.32 Å². The molecule has 1 saturated heterocycles. The molecule has 0 aromatic carbocycles. The van der Waals surface area contributed by atoms with E-state index in [1.54, 1.807) is 0 Å². The average molecular weight is 254 g/mol. The van der Waals surface area contributed by atoms with Crippen LogP contribution in [0.25, 0.3) is 0 Å². The van der Waals surface area contributed by atoms with Crippen molar-refractivity contribution in [1.29, 1.82) is 0 Å². The first-order valence-corrected chi connectivity index (χ1v) is 5.88. The summed E-state index contributed by atoms with van der Waals surface area (Å²) in [7, 11) is 0. The second-order valence-electron chi connectivity index (χ2n) is 5.28. The predicted molar refractivity (Wildman–Crippen MR) is 59.8 cm³/mol. The van der Waals surface area contributed by atoms with Crippen LogP contribution in [0, 0.1) is 5.41 Å². The van der Waals surface area contributed by atoms with Gasteiger partial charge in [0.15, 0.2) is 0 Å². The van der Waals surface area contributed by atoms with Crippen LogP contribution in [-0.2, 0) is 0 Å². The summed E-state index contributed by atoms with van der Waals surface area (Å²) in [6, 6.07) is -0.141. The Balaban J connectivity index is 2.74. The van der Waals surface area contributed by atoms with Crippen LogP contribution in [-0.4, -0.2) is 55.0 Å². The van der Waals surface area contributed by atoms with Crippen LogP contribution < -0.4 is 5.32 Å². The number of aliphatic hydroxyl groups excluding tert-OH is 1. The molecule has 1 unspecified atom stereocenters. The van der Waals surface area contributed by atoms with Crippen molar-refractivity contribution in [3.63, 3.8) is 0 Å². The van der Waals surface area contributed by atoms with Gasteiger partial charge in [0.25, 0.3) is 0 Å². The quantitative estimate of drug-likeness (QED) is 0.792. The van der Waals surface area contributed by atoms with Crippen LogP contribution >= 0.6 is 0 Å². The summed E-state index contributed by atoms with van der Waals surface area (Å²) in [6.07, 6.45) is -3.53. The maximum atomic E-state index is 12.5. The maximum Gasteiger partial charge on any atom is 0.401 e. The van der Waals surface area contributed by atoms with Gasteiger partial charge >= 0.3 is 6.18 Å². The first-order chi connectivity index (χ1) is 7.76. The number of halogens is 3. The van der Waals surface area contributed by atoms with Crippen molar-refractivity contribution in [3.05, 3.63) is 0 Å². The zero-order valence-corrected chi connectivity index (χ0v) is 10.3. The van der Waals surface area contributed by atoms with E-state index in [0.717, 1.165) is 6.54 Å². The maximum absolute atomic E-state index is 12.5. The highest BCUT2D eigenvalue weighted by molar-refractivity contribution is 4.92. The van der Waals surface area contributed by atoms with Gasteiger partial charge in [-0.15, -0.1) is 0 Å². The van der Waals surface area contributed by atoms with Gasteiger partial charge < -0.3 is 10.4 Å². The third-order valence-electron chi connectivity index (χ3n) is 3.29. The Bertz CT molecular complexity index is 243. The van der Waals surface area contributed by atoms with Gasteiger partial charge in [-0.1, -0.05) is 13.8 Å². The van der Waals surface area contributed by atoms with Crippen LogP contribution in [0.4, 0.5) is 13.2 Å². The minimum Gasteiger partial charge on any atom is -0.395 e. The van der Waals surface area contributed by atoms with Crippen LogP contribution in [0.5, 0.6) is 0 Å². The summed E-state index contributed by atoms with van der Waals surface area (Å²) in [5.41, 5.74) is -0.210. The van der Waals surface area contributed by atoms with Crippen LogP contribution in [0.1, 0.15) is 20.3 Å². The predicted octanol–water partition coefficient (Wildman–Crippen LogP) is 1.23. The van der Waals surface area contributed by atoms with Gasteiger partial charge in [0.2, 0.25) is 0 Å². The Morgan fingerprint density at radius 1 is 1.41 bits per heavy atom. The van der Waals surface area contributed by atoms with E-state index >= 15 is 0 Å². The fourth-order valence-electron chi connectivity index (χ4n) is 2.54. The third-order valence-corrected chi connectivity index (χ3v) is 3.29. The highest BCUT2D eigenvalue weighted by atomic mass is 19.4. The molecule has 0 aliphatic carbocycles. The highest BCUT2D eigenvalue weighted by Crippen LogP contribution is 2.31. The van der Waals surface area contributed by atoms with Gasteiger partial charge in [0.05, 0.1) is 13.2 Å². The first-order valence-electron chi connectivity index (χ1n) is 5.88. The van der Waals surface area contributed by atoms with Crippen molar-refractivity contribution in [2.45, 2.75) is 32.5 Å². The van der Waals surface area contributed by atoms with E-state index in [9.17, 15) is 13.2 Å². The van der Waals surface area contributed by atoms with Crippen molar-refractivity contribution < 1.29 is 18.3 Å². The lowest BCUT2D eigenvalue weighted by Crippen LogP contribution is -2.56. The first kappa shape index (κ1) is 14.7. The Morgan fingerprint density at radius 2 is 2.06 bits per heavy atom. The largest absolute Gasteiger partial charge is 0.401 e. The van der Waals surface area contributed by atoms with E-state index < -0.39 is 12.7 Å². The summed E-state index contributed by atoms with van der Waals surface area (Å²) < 4.78 is 37.5. The Morgan fingerprint density at radius 3 is 2.53 bits per heavy atom. The van der Waals surface area contributed by atoms with Gasteiger partial charge in [-0.25, -0.2) is 0 Å². The molecule has 0 radical (unpaired) electrons. The SMILES string of the molecule is CC1(C)CNCCC1N(CCO)CC(F)(F)F. The molecule has 1 rings (SSSR count).